The zero-order chi connectivity index (χ0) is 14.8. The number of nitrogens with one attached hydrogen (secondary N) is 1. The van der Waals surface area contributed by atoms with Crippen molar-refractivity contribution in [1.29, 1.82) is 0 Å². The predicted molar refractivity (Wildman–Crippen MR) is 75.7 cm³/mol. The van der Waals surface area contributed by atoms with Gasteiger partial charge >= 0.3 is 6.03 Å². The van der Waals surface area contributed by atoms with Crippen molar-refractivity contribution in [2.24, 2.45) is 0 Å². The Hall–Kier alpha value is -1.59. The molecule has 0 spiro atoms. The van der Waals surface area contributed by atoms with Crippen LogP contribution >= 0.6 is 11.6 Å². The predicted octanol–water partition coefficient (Wildman–Crippen LogP) is 1.84. The maximum absolute atomic E-state index is 12.3. The molecule has 3 amide bonds. The molecule has 1 N–H and O–H groups in total. The van der Waals surface area contributed by atoms with Gasteiger partial charge in [-0.15, -0.1) is 0 Å². The largest absolute Gasteiger partial charge is 0.382 e. The van der Waals surface area contributed by atoms with Crippen LogP contribution in [0.2, 0.25) is 5.02 Å². The van der Waals surface area contributed by atoms with E-state index in [2.05, 4.69) is 5.32 Å². The number of methoxy groups -OCH3 is 1. The Morgan fingerprint density at radius 3 is 2.70 bits per heavy atom. The first-order valence-electron chi connectivity index (χ1n) is 6.34. The summed E-state index contributed by atoms with van der Waals surface area (Å²) >= 11 is 6.06. The van der Waals surface area contributed by atoms with E-state index in [1.54, 1.807) is 13.0 Å². The van der Waals surface area contributed by atoms with E-state index in [9.17, 15) is 9.59 Å². The summed E-state index contributed by atoms with van der Waals surface area (Å²) in [4.78, 5) is 25.4. The van der Waals surface area contributed by atoms with Crippen molar-refractivity contribution in [3.8, 4) is 0 Å². The van der Waals surface area contributed by atoms with Gasteiger partial charge in [0.2, 0.25) is 0 Å². The number of carbonyl (C=O) groups is 2. The first-order valence-corrected chi connectivity index (χ1v) is 6.72. The first-order chi connectivity index (χ1) is 9.48. The fraction of sp³-hybridized carbons (Fsp3) is 0.429. The van der Waals surface area contributed by atoms with Crippen LogP contribution in [0.1, 0.15) is 12.5 Å². The Morgan fingerprint density at radius 1 is 1.35 bits per heavy atom. The van der Waals surface area contributed by atoms with Gasteiger partial charge < -0.3 is 10.1 Å². The minimum Gasteiger partial charge on any atom is -0.382 e. The highest BCUT2D eigenvalue weighted by Gasteiger charge is 2.47. The van der Waals surface area contributed by atoms with Crippen LogP contribution in [0.3, 0.4) is 0 Å². The molecule has 20 heavy (non-hydrogen) atoms. The molecule has 0 radical (unpaired) electrons. The van der Waals surface area contributed by atoms with Gasteiger partial charge in [0, 0.05) is 18.7 Å². The Balaban J connectivity index is 2.05. The lowest BCUT2D eigenvalue weighted by molar-refractivity contribution is -0.132. The highest BCUT2D eigenvalue weighted by Crippen LogP contribution is 2.20. The number of imide groups is 1. The van der Waals surface area contributed by atoms with Crippen molar-refractivity contribution < 1.29 is 14.3 Å². The number of ether oxygens (including phenoxy) is 1. The minimum atomic E-state index is -0.980. The Morgan fingerprint density at radius 2 is 2.05 bits per heavy atom. The number of amides is 3. The van der Waals surface area contributed by atoms with Crippen molar-refractivity contribution in [3.05, 3.63) is 34.9 Å². The van der Waals surface area contributed by atoms with Crippen LogP contribution < -0.4 is 5.32 Å². The van der Waals surface area contributed by atoms with Crippen LogP contribution in [0.25, 0.3) is 0 Å². The number of hydrogen-bond acceptors (Lipinski definition) is 3. The fourth-order valence-corrected chi connectivity index (χ4v) is 2.50. The molecule has 1 atom stereocenters. The third-order valence-electron chi connectivity index (χ3n) is 3.34. The van der Waals surface area contributed by atoms with Gasteiger partial charge in [0.15, 0.2) is 0 Å². The van der Waals surface area contributed by atoms with Crippen LogP contribution in [-0.2, 0) is 16.0 Å². The van der Waals surface area contributed by atoms with Gasteiger partial charge in [0.25, 0.3) is 5.91 Å². The third kappa shape index (κ3) is 2.78. The monoisotopic (exact) mass is 296 g/mol. The van der Waals surface area contributed by atoms with Gasteiger partial charge in [-0.25, -0.2) is 4.79 Å². The average molecular weight is 297 g/mol. The average Bonchev–Trinajstić information content (AvgIpc) is 2.60. The molecule has 1 aromatic carbocycles. The summed E-state index contributed by atoms with van der Waals surface area (Å²) in [7, 11) is 1.50. The molecule has 0 aliphatic carbocycles. The molecule has 0 aromatic heterocycles. The molecule has 1 aliphatic heterocycles. The van der Waals surface area contributed by atoms with Crippen molar-refractivity contribution in [2.45, 2.75) is 18.9 Å². The molecule has 2 rings (SSSR count). The zero-order valence-corrected chi connectivity index (χ0v) is 12.2. The summed E-state index contributed by atoms with van der Waals surface area (Å²) in [5, 5.41) is 3.30. The quantitative estimate of drug-likeness (QED) is 0.844. The van der Waals surface area contributed by atoms with Gasteiger partial charge in [-0.2, -0.15) is 0 Å². The van der Waals surface area contributed by atoms with Crippen molar-refractivity contribution >= 4 is 23.5 Å². The lowest BCUT2D eigenvalue weighted by Gasteiger charge is -2.20. The molecule has 108 valence electrons. The molecule has 0 saturated carbocycles. The van der Waals surface area contributed by atoms with Gasteiger partial charge in [-0.05, 0) is 25.0 Å². The lowest BCUT2D eigenvalue weighted by Crippen LogP contribution is -2.48. The summed E-state index contributed by atoms with van der Waals surface area (Å²) in [5.41, 5.74) is -0.0677. The number of nitrogens with zero attached hydrogens (tertiary/aromatic N) is 1. The Labute approximate surface area is 122 Å². The standard InChI is InChI=1S/C14H17ClN2O3/c1-14(9-20-2)12(18)17(13(19)16-14)8-7-10-5-3-4-6-11(10)15/h3-6H,7-9H2,1-2H3,(H,16,19). The first kappa shape index (κ1) is 14.8. The second-order valence-electron chi connectivity index (χ2n) is 4.99. The number of hydrogen-bond donors (Lipinski definition) is 1. The third-order valence-corrected chi connectivity index (χ3v) is 3.71. The molecule has 5 nitrogen and oxygen atoms in total. The van der Waals surface area contributed by atoms with Crippen LogP contribution in [0.5, 0.6) is 0 Å². The molecule has 1 fully saturated rings. The van der Waals surface area contributed by atoms with E-state index in [0.29, 0.717) is 18.0 Å². The highest BCUT2D eigenvalue weighted by molar-refractivity contribution is 6.31. The lowest BCUT2D eigenvalue weighted by atomic mass is 10.0. The van der Waals surface area contributed by atoms with Gasteiger partial charge in [-0.1, -0.05) is 29.8 Å². The van der Waals surface area contributed by atoms with Crippen molar-refractivity contribution in [2.75, 3.05) is 20.3 Å². The fourth-order valence-electron chi connectivity index (χ4n) is 2.27. The summed E-state index contributed by atoms with van der Waals surface area (Å²) in [6.07, 6.45) is 0.530. The van der Waals surface area contributed by atoms with E-state index in [0.717, 1.165) is 5.56 Å². The Bertz CT molecular complexity index is 535. The van der Waals surface area contributed by atoms with E-state index >= 15 is 0 Å². The molecule has 1 aromatic rings. The zero-order valence-electron chi connectivity index (χ0n) is 11.5. The summed E-state index contributed by atoms with van der Waals surface area (Å²) in [6, 6.07) is 7.01. The second kappa shape index (κ2) is 5.81. The Kier molecular flexibility index (Phi) is 4.30. The number of halogens is 1. The number of rotatable bonds is 5. The molecule has 1 saturated heterocycles. The number of carbonyl (C=O) groups excluding carboxylic acids is 2. The maximum atomic E-state index is 12.3. The molecule has 1 aliphatic rings. The van der Waals surface area contributed by atoms with Gasteiger partial charge in [-0.3, -0.25) is 9.69 Å². The van der Waals surface area contributed by atoms with Crippen molar-refractivity contribution in [1.82, 2.24) is 10.2 Å². The molecule has 1 unspecified atom stereocenters. The van der Waals surface area contributed by atoms with E-state index in [-0.39, 0.29) is 18.5 Å². The van der Waals surface area contributed by atoms with E-state index < -0.39 is 5.54 Å². The summed E-state index contributed by atoms with van der Waals surface area (Å²) in [6.45, 7) is 2.11. The van der Waals surface area contributed by atoms with Crippen LogP contribution in [0.15, 0.2) is 24.3 Å². The van der Waals surface area contributed by atoms with Crippen LogP contribution in [-0.4, -0.2) is 42.6 Å². The van der Waals surface area contributed by atoms with E-state index in [1.807, 2.05) is 18.2 Å². The topological polar surface area (TPSA) is 58.6 Å². The van der Waals surface area contributed by atoms with Crippen LogP contribution in [0.4, 0.5) is 4.79 Å². The number of urea groups is 1. The molecule has 1 heterocycles. The van der Waals surface area contributed by atoms with E-state index in [1.165, 1.54) is 12.0 Å². The minimum absolute atomic E-state index is 0.153. The molecule has 6 heteroatoms. The van der Waals surface area contributed by atoms with Gasteiger partial charge in [0.05, 0.1) is 6.61 Å². The normalized spacial score (nSPS) is 22.2. The second-order valence-corrected chi connectivity index (χ2v) is 5.40. The maximum Gasteiger partial charge on any atom is 0.325 e. The molecular formula is C14H17ClN2O3. The molecule has 0 bridgehead atoms. The smallest absolute Gasteiger partial charge is 0.325 e. The highest BCUT2D eigenvalue weighted by atomic mass is 35.5. The van der Waals surface area contributed by atoms with Gasteiger partial charge in [0.1, 0.15) is 5.54 Å². The SMILES string of the molecule is COCC1(C)NC(=O)N(CCc2ccccc2Cl)C1=O. The summed E-state index contributed by atoms with van der Waals surface area (Å²) < 4.78 is 4.99. The van der Waals surface area contributed by atoms with Crippen molar-refractivity contribution in [3.63, 3.8) is 0 Å². The summed E-state index contributed by atoms with van der Waals surface area (Å²) in [5.74, 6) is -0.267. The molecular weight excluding hydrogens is 280 g/mol. The van der Waals surface area contributed by atoms with E-state index in [4.69, 9.17) is 16.3 Å². The van der Waals surface area contributed by atoms with Crippen LogP contribution in [0, 0.1) is 0 Å². The number of benzene rings is 1.